The van der Waals surface area contributed by atoms with Gasteiger partial charge in [0, 0.05) is 6.54 Å². The number of rotatable bonds is 8. The van der Waals surface area contributed by atoms with Crippen molar-refractivity contribution < 1.29 is 16.8 Å². The maximum Gasteiger partial charge on any atom is 0.263 e. The van der Waals surface area contributed by atoms with Gasteiger partial charge in [-0.25, -0.2) is 26.8 Å². The van der Waals surface area contributed by atoms with Crippen LogP contribution in [0.15, 0.2) is 87.5 Å². The lowest BCUT2D eigenvalue weighted by atomic mass is 10.2. The van der Waals surface area contributed by atoms with E-state index in [4.69, 9.17) is 9.97 Å². The minimum Gasteiger partial charge on any atom is -0.309 e. The van der Waals surface area contributed by atoms with Crippen LogP contribution < -0.4 is 4.72 Å². The number of benzene rings is 3. The zero-order valence-electron chi connectivity index (χ0n) is 21.3. The van der Waals surface area contributed by atoms with Gasteiger partial charge in [0.05, 0.1) is 20.8 Å². The molecule has 3 aromatic carbocycles. The van der Waals surface area contributed by atoms with Crippen LogP contribution in [0.5, 0.6) is 0 Å². The molecule has 0 spiro atoms. The predicted octanol–water partition coefficient (Wildman–Crippen LogP) is 5.64. The lowest BCUT2D eigenvalue weighted by molar-refractivity contribution is 0.595. The van der Waals surface area contributed by atoms with Gasteiger partial charge in [-0.1, -0.05) is 60.9 Å². The Bertz CT molecular complexity index is 1860. The molecule has 0 fully saturated rings. The second kappa shape index (κ2) is 9.85. The topological polar surface area (TPSA) is 111 Å². The number of sulfone groups is 1. The number of sulfonamides is 1. The number of nitrogens with zero attached hydrogens (tertiary/aromatic N) is 3. The predicted molar refractivity (Wildman–Crippen MR) is 149 cm³/mol. The van der Waals surface area contributed by atoms with Crippen molar-refractivity contribution in [1.82, 2.24) is 14.5 Å². The van der Waals surface area contributed by atoms with Crippen molar-refractivity contribution in [1.29, 1.82) is 0 Å². The Labute approximate surface area is 222 Å². The Kier molecular flexibility index (Phi) is 6.70. The molecule has 0 atom stereocenters. The van der Waals surface area contributed by atoms with E-state index in [1.807, 2.05) is 26.8 Å². The van der Waals surface area contributed by atoms with Gasteiger partial charge >= 0.3 is 0 Å². The number of fused-ring (bicyclic) bond motifs is 2. The van der Waals surface area contributed by atoms with E-state index in [1.165, 1.54) is 24.3 Å². The first-order chi connectivity index (χ1) is 18.1. The molecule has 0 aliphatic rings. The number of aromatic nitrogens is 3. The summed E-state index contributed by atoms with van der Waals surface area (Å²) in [5, 5.41) is 0. The molecule has 0 bridgehead atoms. The van der Waals surface area contributed by atoms with Gasteiger partial charge in [-0.05, 0) is 56.7 Å². The lowest BCUT2D eigenvalue weighted by Gasteiger charge is -2.14. The molecule has 196 valence electrons. The average molecular weight is 549 g/mol. The van der Waals surface area contributed by atoms with Crippen LogP contribution in [0.2, 0.25) is 0 Å². The number of aryl methyl sites for hydroxylation is 3. The standard InChI is InChI=1S/C28H28N4O4S2/c1-4-5-18-32-27-25(29-23-8-6-7-9-24(23)30-27)26(37(33,34)21-14-10-19(2)11-15-21)28(32)31-38(35,36)22-16-12-20(3)13-17-22/h6-17,31H,4-5,18H2,1-3H3. The number of hydrogen-bond donors (Lipinski definition) is 1. The first kappa shape index (κ1) is 25.9. The Balaban J connectivity index is 1.84. The smallest absolute Gasteiger partial charge is 0.263 e. The van der Waals surface area contributed by atoms with Gasteiger partial charge in [-0.2, -0.15) is 0 Å². The highest BCUT2D eigenvalue weighted by molar-refractivity contribution is 7.93. The van der Waals surface area contributed by atoms with Gasteiger partial charge in [0.2, 0.25) is 9.84 Å². The molecule has 0 aliphatic heterocycles. The Hall–Kier alpha value is -3.76. The molecule has 0 amide bonds. The summed E-state index contributed by atoms with van der Waals surface area (Å²) in [6.45, 7) is 6.09. The quantitative estimate of drug-likeness (QED) is 0.269. The molecule has 2 heterocycles. The van der Waals surface area contributed by atoms with Crippen LogP contribution in [0.3, 0.4) is 0 Å². The number of unbranched alkanes of at least 4 members (excludes halogenated alkanes) is 1. The molecule has 0 radical (unpaired) electrons. The van der Waals surface area contributed by atoms with Crippen molar-refractivity contribution >= 4 is 47.9 Å². The van der Waals surface area contributed by atoms with Crippen molar-refractivity contribution in [2.24, 2.45) is 0 Å². The van der Waals surface area contributed by atoms with Gasteiger partial charge in [-0.3, -0.25) is 4.72 Å². The molecular weight excluding hydrogens is 520 g/mol. The van der Waals surface area contributed by atoms with Crippen LogP contribution in [-0.4, -0.2) is 31.4 Å². The van der Waals surface area contributed by atoms with Crippen molar-refractivity contribution in [3.63, 3.8) is 0 Å². The average Bonchev–Trinajstić information content (AvgIpc) is 3.18. The van der Waals surface area contributed by atoms with Crippen LogP contribution in [-0.2, 0) is 26.4 Å². The molecule has 38 heavy (non-hydrogen) atoms. The summed E-state index contributed by atoms with van der Waals surface area (Å²) in [6.07, 6.45) is 1.49. The fraction of sp³-hybridized carbons (Fsp3) is 0.214. The van der Waals surface area contributed by atoms with E-state index >= 15 is 0 Å². The van der Waals surface area contributed by atoms with E-state index in [2.05, 4.69) is 4.72 Å². The zero-order valence-corrected chi connectivity index (χ0v) is 23.0. The zero-order chi connectivity index (χ0) is 27.1. The summed E-state index contributed by atoms with van der Waals surface area (Å²) in [5.74, 6) is -0.0649. The first-order valence-corrected chi connectivity index (χ1v) is 15.3. The van der Waals surface area contributed by atoms with Crippen LogP contribution in [0, 0.1) is 13.8 Å². The summed E-state index contributed by atoms with van der Waals surface area (Å²) >= 11 is 0. The molecule has 5 aromatic rings. The summed E-state index contributed by atoms with van der Waals surface area (Å²) in [5.41, 5.74) is 3.35. The number of hydrogen-bond acceptors (Lipinski definition) is 6. The maximum absolute atomic E-state index is 14.2. The molecule has 2 aromatic heterocycles. The van der Waals surface area contributed by atoms with Gasteiger partial charge in [0.15, 0.2) is 5.65 Å². The van der Waals surface area contributed by atoms with Gasteiger partial charge < -0.3 is 4.57 Å². The Morgan fingerprint density at radius 1 is 0.763 bits per heavy atom. The third-order valence-corrected chi connectivity index (χ3v) is 9.58. The Morgan fingerprint density at radius 3 is 1.89 bits per heavy atom. The minimum absolute atomic E-state index is 0.0279. The number of para-hydroxylation sites is 2. The highest BCUT2D eigenvalue weighted by atomic mass is 32.2. The fourth-order valence-electron chi connectivity index (χ4n) is 4.30. The fourth-order valence-corrected chi connectivity index (χ4v) is 6.98. The largest absolute Gasteiger partial charge is 0.309 e. The summed E-state index contributed by atoms with van der Waals surface area (Å²) in [4.78, 5) is 9.31. The second-order valence-electron chi connectivity index (χ2n) is 9.30. The van der Waals surface area contributed by atoms with Gasteiger partial charge in [0.25, 0.3) is 10.0 Å². The highest BCUT2D eigenvalue weighted by Crippen LogP contribution is 2.38. The van der Waals surface area contributed by atoms with Crippen molar-refractivity contribution in [2.75, 3.05) is 4.72 Å². The molecular formula is C28H28N4O4S2. The molecule has 0 unspecified atom stereocenters. The molecule has 0 saturated heterocycles. The van der Waals surface area contributed by atoms with E-state index in [-0.39, 0.29) is 26.0 Å². The van der Waals surface area contributed by atoms with Crippen LogP contribution in [0.4, 0.5) is 5.82 Å². The van der Waals surface area contributed by atoms with E-state index in [0.717, 1.165) is 17.5 Å². The lowest BCUT2D eigenvalue weighted by Crippen LogP contribution is -2.18. The van der Waals surface area contributed by atoms with E-state index < -0.39 is 19.9 Å². The highest BCUT2D eigenvalue weighted by Gasteiger charge is 2.33. The van der Waals surface area contributed by atoms with Crippen molar-refractivity contribution in [3.05, 3.63) is 83.9 Å². The number of nitrogens with one attached hydrogen (secondary N) is 1. The van der Waals surface area contributed by atoms with Gasteiger partial charge in [0.1, 0.15) is 16.2 Å². The second-order valence-corrected chi connectivity index (χ2v) is 12.9. The summed E-state index contributed by atoms with van der Waals surface area (Å²) in [7, 11) is -8.33. The van der Waals surface area contributed by atoms with E-state index in [9.17, 15) is 16.8 Å². The van der Waals surface area contributed by atoms with E-state index in [0.29, 0.717) is 29.6 Å². The van der Waals surface area contributed by atoms with Gasteiger partial charge in [-0.15, -0.1) is 0 Å². The molecule has 0 aliphatic carbocycles. The van der Waals surface area contributed by atoms with Crippen molar-refractivity contribution in [3.8, 4) is 0 Å². The van der Waals surface area contributed by atoms with Crippen molar-refractivity contribution in [2.45, 2.75) is 54.8 Å². The summed E-state index contributed by atoms with van der Waals surface area (Å²) < 4.78 is 59.6. The monoisotopic (exact) mass is 548 g/mol. The Morgan fingerprint density at radius 2 is 1.32 bits per heavy atom. The summed E-state index contributed by atoms with van der Waals surface area (Å²) in [6, 6.07) is 20.0. The van der Waals surface area contributed by atoms with Crippen LogP contribution in [0.25, 0.3) is 22.2 Å². The first-order valence-electron chi connectivity index (χ1n) is 12.3. The molecule has 1 N–H and O–H groups in total. The molecule has 10 heteroatoms. The third-order valence-electron chi connectivity index (χ3n) is 6.41. The number of anilines is 1. The van der Waals surface area contributed by atoms with E-state index in [1.54, 1.807) is 47.0 Å². The molecule has 5 rings (SSSR count). The maximum atomic E-state index is 14.2. The SMILES string of the molecule is CCCCn1c(NS(=O)(=O)c2ccc(C)cc2)c(S(=O)(=O)c2ccc(C)cc2)c2nc3ccccc3nc21. The molecule has 8 nitrogen and oxygen atoms in total. The normalized spacial score (nSPS) is 12.3. The third kappa shape index (κ3) is 4.65. The minimum atomic E-state index is -4.20. The van der Waals surface area contributed by atoms with Crippen LogP contribution in [0.1, 0.15) is 30.9 Å². The molecule has 0 saturated carbocycles. The van der Waals surface area contributed by atoms with Crippen LogP contribution >= 0.6 is 0 Å².